The van der Waals surface area contributed by atoms with Crippen molar-refractivity contribution < 1.29 is 19.4 Å². The van der Waals surface area contributed by atoms with Gasteiger partial charge in [-0.2, -0.15) is 0 Å². The van der Waals surface area contributed by atoms with Gasteiger partial charge in [-0.05, 0) is 38.0 Å². The third kappa shape index (κ3) is 4.13. The van der Waals surface area contributed by atoms with Crippen LogP contribution in [0.4, 0.5) is 0 Å². The minimum atomic E-state index is -0.906. The summed E-state index contributed by atoms with van der Waals surface area (Å²) >= 11 is 0. The molecule has 1 aromatic carbocycles. The first-order chi connectivity index (χ1) is 9.53. The molecule has 1 aromatic rings. The lowest BCUT2D eigenvalue weighted by Gasteiger charge is -2.20. The molecule has 0 saturated carbocycles. The van der Waals surface area contributed by atoms with Crippen LogP contribution in [0.3, 0.4) is 0 Å². The zero-order valence-corrected chi connectivity index (χ0v) is 12.5. The van der Waals surface area contributed by atoms with Crippen molar-refractivity contribution in [3.63, 3.8) is 0 Å². The molecule has 0 spiro atoms. The van der Waals surface area contributed by atoms with Crippen LogP contribution in [0.15, 0.2) is 18.2 Å². The minimum Gasteiger partial charge on any atom is -0.493 e. The molecule has 2 atom stereocenters. The molecule has 0 aliphatic rings. The van der Waals surface area contributed by atoms with Gasteiger partial charge in [0, 0.05) is 6.04 Å². The third-order valence-electron chi connectivity index (χ3n) is 3.13. The second-order valence-electron chi connectivity index (χ2n) is 4.59. The number of hydrogen-bond acceptors (Lipinski definition) is 4. The van der Waals surface area contributed by atoms with Crippen LogP contribution in [0.25, 0.3) is 0 Å². The van der Waals surface area contributed by atoms with E-state index in [0.29, 0.717) is 23.7 Å². The van der Waals surface area contributed by atoms with Crippen LogP contribution in [0, 0.1) is 0 Å². The van der Waals surface area contributed by atoms with E-state index in [9.17, 15) is 9.90 Å². The van der Waals surface area contributed by atoms with Gasteiger partial charge in [-0.15, -0.1) is 0 Å². The maximum Gasteiger partial charge on any atom is 0.325 e. The molecule has 0 heterocycles. The first kappa shape index (κ1) is 16.3. The fraction of sp³-hybridized carbons (Fsp3) is 0.533. The minimum absolute atomic E-state index is 0.119. The van der Waals surface area contributed by atoms with Crippen molar-refractivity contribution in [2.75, 3.05) is 13.7 Å². The van der Waals surface area contributed by atoms with E-state index in [0.717, 1.165) is 6.42 Å². The molecule has 5 nitrogen and oxygen atoms in total. The zero-order chi connectivity index (χ0) is 15.1. The Kier molecular flexibility index (Phi) is 6.31. The summed E-state index contributed by atoms with van der Waals surface area (Å²) in [5, 5.41) is 12.5. The van der Waals surface area contributed by atoms with Gasteiger partial charge in [-0.25, -0.2) is 0 Å². The van der Waals surface area contributed by atoms with Crippen molar-refractivity contribution in [3.8, 4) is 11.5 Å². The number of benzene rings is 1. The van der Waals surface area contributed by atoms with Gasteiger partial charge >= 0.3 is 5.97 Å². The molecule has 5 heteroatoms. The topological polar surface area (TPSA) is 67.8 Å². The maximum atomic E-state index is 11.4. The van der Waals surface area contributed by atoms with E-state index in [1.165, 1.54) is 0 Å². The largest absolute Gasteiger partial charge is 0.493 e. The van der Waals surface area contributed by atoms with Gasteiger partial charge in [0.05, 0.1) is 13.7 Å². The molecular formula is C15H23NO4. The van der Waals surface area contributed by atoms with Gasteiger partial charge in [0.1, 0.15) is 6.04 Å². The second-order valence-corrected chi connectivity index (χ2v) is 4.59. The van der Waals surface area contributed by atoms with Crippen LogP contribution in [-0.4, -0.2) is 30.8 Å². The highest BCUT2D eigenvalue weighted by atomic mass is 16.5. The van der Waals surface area contributed by atoms with Crippen molar-refractivity contribution in [2.45, 2.75) is 39.3 Å². The van der Waals surface area contributed by atoms with Gasteiger partial charge in [0.25, 0.3) is 0 Å². The van der Waals surface area contributed by atoms with Crippen LogP contribution in [-0.2, 0) is 4.79 Å². The summed E-state index contributed by atoms with van der Waals surface area (Å²) in [7, 11) is 1.54. The predicted molar refractivity (Wildman–Crippen MR) is 77.4 cm³/mol. The van der Waals surface area contributed by atoms with E-state index in [2.05, 4.69) is 5.32 Å². The predicted octanol–water partition coefficient (Wildman–Crippen LogP) is 2.61. The second kappa shape index (κ2) is 7.75. The average molecular weight is 281 g/mol. The number of carboxylic acid groups (broad SMARTS) is 1. The molecule has 1 rings (SSSR count). The number of hydrogen-bond donors (Lipinski definition) is 2. The van der Waals surface area contributed by atoms with Gasteiger partial charge in [-0.1, -0.05) is 13.0 Å². The van der Waals surface area contributed by atoms with Crippen LogP contribution in [0.1, 0.15) is 38.8 Å². The molecule has 0 amide bonds. The fourth-order valence-electron chi connectivity index (χ4n) is 1.85. The van der Waals surface area contributed by atoms with E-state index in [1.54, 1.807) is 25.3 Å². The number of nitrogens with one attached hydrogen (secondary N) is 1. The highest BCUT2D eigenvalue weighted by Crippen LogP contribution is 2.30. The Morgan fingerprint density at radius 3 is 2.55 bits per heavy atom. The molecule has 0 saturated heterocycles. The highest BCUT2D eigenvalue weighted by Gasteiger charge is 2.22. The van der Waals surface area contributed by atoms with Crippen molar-refractivity contribution in [3.05, 3.63) is 23.8 Å². The van der Waals surface area contributed by atoms with E-state index < -0.39 is 12.0 Å². The van der Waals surface area contributed by atoms with Crippen molar-refractivity contribution in [1.82, 2.24) is 5.32 Å². The highest BCUT2D eigenvalue weighted by molar-refractivity contribution is 5.76. The molecule has 0 aliphatic heterocycles. The molecule has 112 valence electrons. The maximum absolute atomic E-state index is 11.4. The quantitative estimate of drug-likeness (QED) is 0.766. The summed E-state index contributed by atoms with van der Waals surface area (Å²) in [5.74, 6) is 0.254. The van der Waals surface area contributed by atoms with E-state index >= 15 is 0 Å². The Morgan fingerprint density at radius 2 is 2.05 bits per heavy atom. The third-order valence-corrected chi connectivity index (χ3v) is 3.13. The summed E-state index contributed by atoms with van der Waals surface area (Å²) in [5.41, 5.74) is 0.651. The molecule has 0 fully saturated rings. The van der Waals surface area contributed by atoms with Gasteiger partial charge < -0.3 is 14.6 Å². The molecule has 0 aliphatic carbocycles. The molecule has 2 unspecified atom stereocenters. The van der Waals surface area contributed by atoms with E-state index in [4.69, 9.17) is 9.47 Å². The number of ether oxygens (including phenoxy) is 2. The lowest BCUT2D eigenvalue weighted by Crippen LogP contribution is -2.34. The Labute approximate surface area is 119 Å². The normalized spacial score (nSPS) is 13.6. The Morgan fingerprint density at radius 1 is 1.35 bits per heavy atom. The van der Waals surface area contributed by atoms with Crippen LogP contribution >= 0.6 is 0 Å². The summed E-state index contributed by atoms with van der Waals surface area (Å²) in [6.45, 7) is 6.39. The van der Waals surface area contributed by atoms with Crippen LogP contribution in [0.2, 0.25) is 0 Å². The Hall–Kier alpha value is -1.75. The number of aliphatic carboxylic acids is 1. The summed E-state index contributed by atoms with van der Waals surface area (Å²) in [4.78, 5) is 11.4. The number of carbonyl (C=O) groups is 1. The van der Waals surface area contributed by atoms with Crippen LogP contribution < -0.4 is 14.8 Å². The number of carboxylic acids is 1. The van der Waals surface area contributed by atoms with Crippen molar-refractivity contribution in [1.29, 1.82) is 0 Å². The fourth-order valence-corrected chi connectivity index (χ4v) is 1.85. The summed E-state index contributed by atoms with van der Waals surface area (Å²) in [6, 6.07) is 4.57. The number of rotatable bonds is 8. The number of methoxy groups -OCH3 is 1. The first-order valence-corrected chi connectivity index (χ1v) is 6.83. The van der Waals surface area contributed by atoms with Gasteiger partial charge in [-0.3, -0.25) is 10.1 Å². The monoisotopic (exact) mass is 281 g/mol. The smallest absolute Gasteiger partial charge is 0.325 e. The lowest BCUT2D eigenvalue weighted by atomic mass is 10.0. The average Bonchev–Trinajstić information content (AvgIpc) is 2.45. The summed E-state index contributed by atoms with van der Waals surface area (Å²) < 4.78 is 10.7. The molecule has 2 N–H and O–H groups in total. The molecular weight excluding hydrogens is 258 g/mol. The Bertz CT molecular complexity index is 447. The van der Waals surface area contributed by atoms with Gasteiger partial charge in [0.15, 0.2) is 11.5 Å². The van der Waals surface area contributed by atoms with E-state index in [-0.39, 0.29) is 6.04 Å². The summed E-state index contributed by atoms with van der Waals surface area (Å²) in [6.07, 6.45) is 0.859. The molecule has 0 bridgehead atoms. The van der Waals surface area contributed by atoms with Crippen molar-refractivity contribution >= 4 is 5.97 Å². The van der Waals surface area contributed by atoms with Gasteiger partial charge in [0.2, 0.25) is 0 Å². The van der Waals surface area contributed by atoms with Crippen LogP contribution in [0.5, 0.6) is 11.5 Å². The van der Waals surface area contributed by atoms with Crippen molar-refractivity contribution in [2.24, 2.45) is 0 Å². The molecule has 20 heavy (non-hydrogen) atoms. The zero-order valence-electron chi connectivity index (χ0n) is 12.5. The molecule has 0 aromatic heterocycles. The SMILES string of the molecule is CCOc1ccc(C(NC(C)CC)C(=O)O)cc1OC. The van der Waals surface area contributed by atoms with E-state index in [1.807, 2.05) is 20.8 Å². The molecule has 0 radical (unpaired) electrons. The first-order valence-electron chi connectivity index (χ1n) is 6.83. The standard InChI is InChI=1S/C15H23NO4/c1-5-10(3)16-14(15(17)18)11-7-8-12(20-6-2)13(9-11)19-4/h7-10,14,16H,5-6H2,1-4H3,(H,17,18). The lowest BCUT2D eigenvalue weighted by molar-refractivity contribution is -0.139. The Balaban J connectivity index is 3.05.